The highest BCUT2D eigenvalue weighted by Crippen LogP contribution is 2.20. The number of aromatic nitrogens is 2. The van der Waals surface area contributed by atoms with Crippen LogP contribution in [0.15, 0.2) is 23.2 Å². The van der Waals surface area contributed by atoms with E-state index in [0.29, 0.717) is 0 Å². The first-order chi connectivity index (χ1) is 13.6. The van der Waals surface area contributed by atoms with E-state index in [-0.39, 0.29) is 0 Å². The monoisotopic (exact) mass is 402 g/mol. The molecule has 1 aromatic carbocycles. The minimum atomic E-state index is 0.843. The predicted molar refractivity (Wildman–Crippen MR) is 116 cm³/mol. The van der Waals surface area contributed by atoms with Crippen molar-refractivity contribution in [2.24, 2.45) is 4.99 Å². The van der Waals surface area contributed by atoms with E-state index < -0.39 is 0 Å². The topological polar surface area (TPSA) is 65.9 Å². The van der Waals surface area contributed by atoms with Gasteiger partial charge in [0.25, 0.3) is 0 Å². The molecule has 1 aliphatic heterocycles. The van der Waals surface area contributed by atoms with Crippen LogP contribution in [0, 0.1) is 6.92 Å². The molecule has 0 radical (unpaired) electrons. The molecule has 1 aromatic heterocycles. The second-order valence-corrected chi connectivity index (χ2v) is 7.58. The number of nitrogens with one attached hydrogen (secondary N) is 1. The van der Waals surface area contributed by atoms with Crippen molar-refractivity contribution >= 4 is 22.6 Å². The lowest BCUT2D eigenvalue weighted by atomic mass is 10.1. The first-order valence-corrected chi connectivity index (χ1v) is 10.6. The van der Waals surface area contributed by atoms with Crippen LogP contribution in [0.3, 0.4) is 0 Å². The third kappa shape index (κ3) is 4.92. The van der Waals surface area contributed by atoms with Gasteiger partial charge in [-0.15, -0.1) is 0 Å². The van der Waals surface area contributed by atoms with Gasteiger partial charge in [-0.2, -0.15) is 4.37 Å². The van der Waals surface area contributed by atoms with E-state index in [4.69, 9.17) is 4.74 Å². The molecule has 2 aromatic rings. The lowest BCUT2D eigenvalue weighted by molar-refractivity contribution is 0.372. The Morgan fingerprint density at radius 2 is 2.07 bits per heavy atom. The number of methoxy groups -OCH3 is 1. The molecule has 1 saturated heterocycles. The fourth-order valence-electron chi connectivity index (χ4n) is 3.30. The molecule has 0 saturated carbocycles. The summed E-state index contributed by atoms with van der Waals surface area (Å²) in [5.74, 6) is 2.85. The van der Waals surface area contributed by atoms with E-state index >= 15 is 0 Å². The number of aliphatic imine (C=N–C) groups is 1. The van der Waals surface area contributed by atoms with E-state index in [1.165, 1.54) is 17.1 Å². The maximum Gasteiger partial charge on any atom is 0.205 e. The van der Waals surface area contributed by atoms with E-state index in [1.54, 1.807) is 7.11 Å². The Morgan fingerprint density at radius 3 is 2.71 bits per heavy atom. The molecule has 0 aliphatic carbocycles. The van der Waals surface area contributed by atoms with Gasteiger partial charge in [0.05, 0.1) is 7.11 Å². The molecule has 7 nitrogen and oxygen atoms in total. The second kappa shape index (κ2) is 9.73. The summed E-state index contributed by atoms with van der Waals surface area (Å²) in [6.07, 6.45) is 1.82. The van der Waals surface area contributed by atoms with Crippen LogP contribution < -0.4 is 15.0 Å². The standard InChI is InChI=1S/C20H30N6OS/c1-5-18-23-20(28-24-18)26-12-10-25(11-13-26)19(21-3)22-9-8-16-7-6-15(2)17(14-16)27-4/h6-7,14H,5,8-13H2,1-4H3,(H,21,22). The van der Waals surface area contributed by atoms with E-state index in [1.807, 2.05) is 7.05 Å². The summed E-state index contributed by atoms with van der Waals surface area (Å²) >= 11 is 1.50. The van der Waals surface area contributed by atoms with Crippen molar-refractivity contribution in [1.29, 1.82) is 0 Å². The Hall–Kier alpha value is -2.35. The third-order valence-corrected chi connectivity index (χ3v) is 5.82. The minimum absolute atomic E-state index is 0.843. The van der Waals surface area contributed by atoms with Crippen molar-refractivity contribution in [3.8, 4) is 5.75 Å². The summed E-state index contributed by atoms with van der Waals surface area (Å²) in [6.45, 7) is 8.73. The molecular formula is C20H30N6OS. The zero-order valence-corrected chi connectivity index (χ0v) is 18.1. The van der Waals surface area contributed by atoms with E-state index in [9.17, 15) is 0 Å². The molecule has 0 amide bonds. The van der Waals surface area contributed by atoms with Gasteiger partial charge >= 0.3 is 0 Å². The Bertz CT molecular complexity index is 798. The van der Waals surface area contributed by atoms with E-state index in [2.05, 4.69) is 61.5 Å². The molecule has 8 heteroatoms. The molecule has 0 bridgehead atoms. The van der Waals surface area contributed by atoms with Crippen molar-refractivity contribution in [2.45, 2.75) is 26.7 Å². The number of benzene rings is 1. The SMILES string of the molecule is CCc1nsc(N2CCN(C(=NC)NCCc3ccc(C)c(OC)c3)CC2)n1. The summed E-state index contributed by atoms with van der Waals surface area (Å²) in [5, 5.41) is 4.53. The zero-order valence-electron chi connectivity index (χ0n) is 17.2. The molecule has 0 unspecified atom stereocenters. The fourth-order valence-corrected chi connectivity index (χ4v) is 4.10. The molecule has 1 fully saturated rings. The normalized spacial score (nSPS) is 15.1. The molecule has 1 aliphatic rings. The molecule has 28 heavy (non-hydrogen) atoms. The number of guanidine groups is 1. The molecule has 0 atom stereocenters. The Kier molecular flexibility index (Phi) is 7.08. The number of hydrogen-bond acceptors (Lipinski definition) is 6. The minimum Gasteiger partial charge on any atom is -0.496 e. The van der Waals surface area contributed by atoms with Gasteiger partial charge in [0, 0.05) is 57.7 Å². The molecule has 0 spiro atoms. The number of nitrogens with zero attached hydrogens (tertiary/aromatic N) is 5. The van der Waals surface area contributed by atoms with Crippen molar-refractivity contribution < 1.29 is 4.74 Å². The number of hydrogen-bond donors (Lipinski definition) is 1. The van der Waals surface area contributed by atoms with Crippen LogP contribution in [0.2, 0.25) is 0 Å². The molecule has 3 rings (SSSR count). The molecule has 2 heterocycles. The predicted octanol–water partition coefficient (Wildman–Crippen LogP) is 2.36. The molecule has 1 N–H and O–H groups in total. The third-order valence-electron chi connectivity index (χ3n) is 5.00. The Balaban J connectivity index is 1.48. The first-order valence-electron chi connectivity index (χ1n) is 9.81. The second-order valence-electron chi connectivity index (χ2n) is 6.85. The molecular weight excluding hydrogens is 372 g/mol. The zero-order chi connectivity index (χ0) is 19.9. The highest BCUT2D eigenvalue weighted by atomic mass is 32.1. The van der Waals surface area contributed by atoms with E-state index in [0.717, 1.165) is 73.8 Å². The smallest absolute Gasteiger partial charge is 0.205 e. The number of rotatable bonds is 6. The maximum atomic E-state index is 5.42. The molecule has 152 valence electrons. The largest absolute Gasteiger partial charge is 0.496 e. The van der Waals surface area contributed by atoms with Gasteiger partial charge < -0.3 is 19.9 Å². The van der Waals surface area contributed by atoms with Gasteiger partial charge in [-0.3, -0.25) is 4.99 Å². The lowest BCUT2D eigenvalue weighted by Crippen LogP contribution is -2.52. The maximum absolute atomic E-state index is 5.42. The number of aryl methyl sites for hydroxylation is 2. The fraction of sp³-hybridized carbons (Fsp3) is 0.550. The van der Waals surface area contributed by atoms with Crippen LogP contribution in [0.5, 0.6) is 5.75 Å². The average molecular weight is 403 g/mol. The van der Waals surface area contributed by atoms with Gasteiger partial charge in [-0.05, 0) is 30.5 Å². The van der Waals surface area contributed by atoms with Crippen molar-refractivity contribution in [3.05, 3.63) is 35.2 Å². The summed E-state index contributed by atoms with van der Waals surface area (Å²) in [5.41, 5.74) is 2.42. The van der Waals surface area contributed by atoms with Crippen LogP contribution in [0.1, 0.15) is 23.9 Å². The van der Waals surface area contributed by atoms with Crippen LogP contribution in [0.4, 0.5) is 5.13 Å². The van der Waals surface area contributed by atoms with Gasteiger partial charge in [0.1, 0.15) is 11.6 Å². The van der Waals surface area contributed by atoms with Crippen LogP contribution >= 0.6 is 11.5 Å². The van der Waals surface area contributed by atoms with Crippen LogP contribution in [-0.2, 0) is 12.8 Å². The lowest BCUT2D eigenvalue weighted by Gasteiger charge is -2.36. The van der Waals surface area contributed by atoms with Crippen molar-refractivity contribution in [2.75, 3.05) is 51.8 Å². The van der Waals surface area contributed by atoms with Gasteiger partial charge in [-0.25, -0.2) is 4.98 Å². The Morgan fingerprint density at radius 1 is 1.29 bits per heavy atom. The highest BCUT2D eigenvalue weighted by molar-refractivity contribution is 7.09. The first kappa shape index (κ1) is 20.4. The number of anilines is 1. The summed E-state index contributed by atoms with van der Waals surface area (Å²) in [6, 6.07) is 6.39. The van der Waals surface area contributed by atoms with Gasteiger partial charge in [0.2, 0.25) is 5.13 Å². The van der Waals surface area contributed by atoms with Crippen LogP contribution in [-0.4, -0.2) is 67.1 Å². The summed E-state index contributed by atoms with van der Waals surface area (Å²) in [7, 11) is 3.57. The quantitative estimate of drug-likeness (QED) is 0.591. The average Bonchev–Trinajstić information content (AvgIpc) is 3.22. The van der Waals surface area contributed by atoms with Gasteiger partial charge in [0.15, 0.2) is 5.96 Å². The number of piperazine rings is 1. The summed E-state index contributed by atoms with van der Waals surface area (Å²) < 4.78 is 9.82. The number of ether oxygens (including phenoxy) is 1. The Labute approximate surface area is 171 Å². The summed E-state index contributed by atoms with van der Waals surface area (Å²) in [4.78, 5) is 13.7. The van der Waals surface area contributed by atoms with Gasteiger partial charge in [-0.1, -0.05) is 19.1 Å². The van der Waals surface area contributed by atoms with Crippen LogP contribution in [0.25, 0.3) is 0 Å². The van der Waals surface area contributed by atoms with Crippen molar-refractivity contribution in [3.63, 3.8) is 0 Å². The highest BCUT2D eigenvalue weighted by Gasteiger charge is 2.21. The van der Waals surface area contributed by atoms with Crippen molar-refractivity contribution in [1.82, 2.24) is 19.6 Å².